The Balaban J connectivity index is 0.999. The van der Waals surface area contributed by atoms with Crippen LogP contribution < -0.4 is 26.2 Å². The highest BCUT2D eigenvalue weighted by atomic mass is 16.3. The van der Waals surface area contributed by atoms with Crippen molar-refractivity contribution in [2.45, 2.75) is 183 Å². The second kappa shape index (κ2) is 26.8. The number of hydrogen-bond acceptors (Lipinski definition) is 6. The Kier molecular flexibility index (Phi) is 17.2. The van der Waals surface area contributed by atoms with E-state index < -0.39 is 0 Å². The Labute approximate surface area is 696 Å². The second-order valence-corrected chi connectivity index (χ2v) is 40.8. The van der Waals surface area contributed by atoms with Crippen LogP contribution in [0.4, 0.5) is 34.1 Å². The number of para-hydroxylation sites is 4. The van der Waals surface area contributed by atoms with E-state index in [1.807, 2.05) is 0 Å². The SMILES string of the molecule is CC(C)(C)c1ccc(-c2ccccc2N2c3cc(-c4ccc5oc6ccccc6c5c4)ccc3B3c4ccc(-n5c6ccc(C(C)(C)C)cc6c6cc(C(C)(C)C)ccc65)cc4N(c4c(-c5cc(C(C)(C)C)nc(C(C)(C)C)c5)cccc4-c4cc(C(C)(C)C)nc(C(C)(C)C)c4)c4cc(-c5ccc6oc7ccccc7c6c5)cc2c43)cc1. The van der Waals surface area contributed by atoms with Gasteiger partial charge in [0.1, 0.15) is 22.3 Å². The molecule has 19 rings (SSSR count). The maximum absolute atomic E-state index is 6.73. The average molecular weight is 1540 g/mol. The fourth-order valence-electron chi connectivity index (χ4n) is 18.2. The van der Waals surface area contributed by atoms with Gasteiger partial charge in [-0.15, -0.1) is 0 Å². The number of aromatic nitrogens is 3. The maximum atomic E-state index is 6.73. The van der Waals surface area contributed by atoms with Crippen molar-refractivity contribution < 1.29 is 8.83 Å². The third kappa shape index (κ3) is 12.9. The van der Waals surface area contributed by atoms with Gasteiger partial charge in [0, 0.05) is 122 Å². The van der Waals surface area contributed by atoms with Gasteiger partial charge in [-0.1, -0.05) is 285 Å². The van der Waals surface area contributed by atoms with Gasteiger partial charge in [-0.2, -0.15) is 0 Å². The van der Waals surface area contributed by atoms with E-state index in [0.29, 0.717) is 0 Å². The molecule has 2 aliphatic rings. The van der Waals surface area contributed by atoms with Crippen LogP contribution in [0.5, 0.6) is 0 Å². The lowest BCUT2D eigenvalue weighted by molar-refractivity contribution is 0.531. The molecule has 0 bridgehead atoms. The number of furan rings is 2. The number of benzene rings is 12. The number of nitrogens with zero attached hydrogens (tertiary/aromatic N) is 5. The van der Waals surface area contributed by atoms with E-state index in [1.165, 1.54) is 43.9 Å². The molecular formula is C110H106BN5O2. The third-order valence-electron chi connectivity index (χ3n) is 25.0. The molecule has 0 radical (unpaired) electrons. The molecule has 2 aliphatic heterocycles. The van der Waals surface area contributed by atoms with Crippen molar-refractivity contribution in [2.75, 3.05) is 9.80 Å². The van der Waals surface area contributed by atoms with Crippen LogP contribution in [-0.4, -0.2) is 21.2 Å². The van der Waals surface area contributed by atoms with Crippen molar-refractivity contribution in [1.29, 1.82) is 0 Å². The average Bonchev–Trinajstić information content (AvgIpc) is 0.788. The van der Waals surface area contributed by atoms with E-state index in [2.05, 4.69) is 421 Å². The van der Waals surface area contributed by atoms with Crippen molar-refractivity contribution in [1.82, 2.24) is 14.5 Å². The van der Waals surface area contributed by atoms with E-state index >= 15 is 0 Å². The van der Waals surface area contributed by atoms with Gasteiger partial charge in [-0.3, -0.25) is 9.97 Å². The van der Waals surface area contributed by atoms with Gasteiger partial charge < -0.3 is 23.2 Å². The Morgan fingerprint density at radius 1 is 0.254 bits per heavy atom. The van der Waals surface area contributed by atoms with E-state index in [1.54, 1.807) is 0 Å². The van der Waals surface area contributed by atoms with Crippen molar-refractivity contribution >= 4 is 123 Å². The minimum Gasteiger partial charge on any atom is -0.456 e. The minimum absolute atomic E-state index is 0.0498. The molecule has 8 heteroatoms. The standard InChI is InChI=1S/C110H106BN5O2/c1-104(2,3)72-42-37-65(38-43-72)76-29-22-25-34-87(76)115-90-55-68(66-40-51-96-83(53-66)79-30-23-26-35-94(79)117-96)39-47-85(90)111-86-48-46-75(114-88-49-44-73(105(4,5)6)62-81(88)82-63-74(106(7,8)9)45-50-89(82)114)64-91(86)116(93-57-69(56-92(115)102(93)111)67-41-52-97-84(54-67)80-31-24-27-36-95(80)118-97)103-77(70-58-98(107(10,11)12)112-99(59-70)108(13,14)15)32-28-33-78(103)71-60-100(109(16,17)18)113-101(61-71)110(19,20)21/h22-64H,1-21H3. The Morgan fingerprint density at radius 3 is 1.14 bits per heavy atom. The molecule has 118 heavy (non-hydrogen) atoms. The predicted octanol–water partition coefficient (Wildman–Crippen LogP) is 28.9. The molecule has 0 N–H and O–H groups in total. The first-order chi connectivity index (χ1) is 55.9. The van der Waals surface area contributed by atoms with Gasteiger partial charge in [-0.05, 0) is 210 Å². The van der Waals surface area contributed by atoms with Crippen LogP contribution in [-0.2, 0) is 37.9 Å². The molecule has 586 valence electrons. The molecule has 7 nitrogen and oxygen atoms in total. The molecule has 17 aromatic rings. The van der Waals surface area contributed by atoms with Crippen LogP contribution >= 0.6 is 0 Å². The summed E-state index contributed by atoms with van der Waals surface area (Å²) in [6.07, 6.45) is 0. The van der Waals surface area contributed by atoms with Crippen LogP contribution in [0, 0.1) is 0 Å². The van der Waals surface area contributed by atoms with Crippen LogP contribution in [0.15, 0.2) is 270 Å². The summed E-state index contributed by atoms with van der Waals surface area (Å²) in [5.74, 6) is 0. The molecule has 0 aliphatic carbocycles. The fraction of sp³-hybridized carbons (Fsp3) is 0.255. The van der Waals surface area contributed by atoms with E-state index in [9.17, 15) is 0 Å². The summed E-state index contributed by atoms with van der Waals surface area (Å²) in [4.78, 5) is 16.6. The van der Waals surface area contributed by atoms with Gasteiger partial charge >= 0.3 is 0 Å². The summed E-state index contributed by atoms with van der Waals surface area (Å²) in [6.45, 7) is 48.3. The Hall–Kier alpha value is -12.0. The van der Waals surface area contributed by atoms with Crippen molar-refractivity contribution in [3.63, 3.8) is 0 Å². The maximum Gasteiger partial charge on any atom is 0.252 e. The van der Waals surface area contributed by atoms with E-state index in [0.717, 1.165) is 173 Å². The summed E-state index contributed by atoms with van der Waals surface area (Å²) < 4.78 is 15.9. The first kappa shape index (κ1) is 76.0. The predicted molar refractivity (Wildman–Crippen MR) is 503 cm³/mol. The third-order valence-corrected chi connectivity index (χ3v) is 25.0. The highest BCUT2D eigenvalue weighted by Crippen LogP contribution is 2.55. The van der Waals surface area contributed by atoms with Gasteiger partial charge in [0.25, 0.3) is 6.71 Å². The first-order valence-electron chi connectivity index (χ1n) is 42.3. The first-order valence-corrected chi connectivity index (χ1v) is 42.3. The lowest BCUT2D eigenvalue weighted by Crippen LogP contribution is -2.61. The number of hydrogen-bond donors (Lipinski definition) is 0. The van der Waals surface area contributed by atoms with Crippen LogP contribution in [0.1, 0.15) is 185 Å². The van der Waals surface area contributed by atoms with E-state index in [4.69, 9.17) is 18.8 Å². The molecule has 0 atom stereocenters. The van der Waals surface area contributed by atoms with E-state index in [-0.39, 0.29) is 44.6 Å². The lowest BCUT2D eigenvalue weighted by Gasteiger charge is -2.46. The summed E-state index contributed by atoms with van der Waals surface area (Å²) in [5.41, 5.74) is 34.5. The molecule has 0 saturated carbocycles. The zero-order valence-electron chi connectivity index (χ0n) is 72.5. The van der Waals surface area contributed by atoms with Gasteiger partial charge in [0.15, 0.2) is 0 Å². The topological polar surface area (TPSA) is 63.5 Å². The second-order valence-electron chi connectivity index (χ2n) is 40.8. The summed E-state index contributed by atoms with van der Waals surface area (Å²) >= 11 is 0. The smallest absolute Gasteiger partial charge is 0.252 e. The number of rotatable bonds is 8. The Bertz CT molecular complexity index is 6760. The minimum atomic E-state index is -0.308. The largest absolute Gasteiger partial charge is 0.456 e. The van der Waals surface area contributed by atoms with Crippen LogP contribution in [0.2, 0.25) is 0 Å². The zero-order chi connectivity index (χ0) is 82.6. The summed E-state index contributed by atoms with van der Waals surface area (Å²) in [5, 5.41) is 6.81. The molecule has 0 unspecified atom stereocenters. The van der Waals surface area contributed by atoms with Gasteiger partial charge in [0.05, 0.1) is 22.4 Å². The monoisotopic (exact) mass is 1540 g/mol. The van der Waals surface area contributed by atoms with Crippen LogP contribution in [0.25, 0.3) is 127 Å². The van der Waals surface area contributed by atoms with Crippen LogP contribution in [0.3, 0.4) is 0 Å². The number of fused-ring (bicyclic) bond motifs is 13. The van der Waals surface area contributed by atoms with Crippen molar-refractivity contribution in [2.24, 2.45) is 0 Å². The van der Waals surface area contributed by atoms with Gasteiger partial charge in [-0.25, -0.2) is 0 Å². The molecule has 0 saturated heterocycles. The number of pyridine rings is 2. The molecule has 0 spiro atoms. The normalized spacial score (nSPS) is 13.6. The van der Waals surface area contributed by atoms with Gasteiger partial charge in [0.2, 0.25) is 0 Å². The van der Waals surface area contributed by atoms with Crippen molar-refractivity contribution in [3.05, 3.63) is 300 Å². The van der Waals surface area contributed by atoms with Crippen molar-refractivity contribution in [3.8, 4) is 61.3 Å². The quantitative estimate of drug-likeness (QED) is 0.141. The molecule has 5 aromatic heterocycles. The lowest BCUT2D eigenvalue weighted by atomic mass is 9.33. The molecule has 0 fully saturated rings. The summed E-state index contributed by atoms with van der Waals surface area (Å²) in [6, 6.07) is 100. The summed E-state index contributed by atoms with van der Waals surface area (Å²) in [7, 11) is 0. The Morgan fingerprint density at radius 2 is 0.644 bits per heavy atom. The highest BCUT2D eigenvalue weighted by molar-refractivity contribution is 7.00. The molecule has 12 aromatic carbocycles. The fourth-order valence-corrected chi connectivity index (χ4v) is 18.2. The highest BCUT2D eigenvalue weighted by Gasteiger charge is 2.46. The molecule has 0 amide bonds. The molecule has 7 heterocycles. The zero-order valence-corrected chi connectivity index (χ0v) is 72.5. The molecular weight excluding hydrogens is 1430 g/mol. The number of anilines is 6.